The van der Waals surface area contributed by atoms with Crippen molar-refractivity contribution in [3.8, 4) is 5.69 Å². The van der Waals surface area contributed by atoms with Gasteiger partial charge in [0, 0.05) is 29.5 Å². The molecule has 2 aromatic carbocycles. The molecule has 0 bridgehead atoms. The number of aryl methyl sites for hydroxylation is 2. The lowest BCUT2D eigenvalue weighted by Gasteiger charge is -2.29. The van der Waals surface area contributed by atoms with Crippen LogP contribution in [0.4, 0.5) is 5.69 Å². The fourth-order valence-electron chi connectivity index (χ4n) is 4.58. The molecule has 0 aliphatic carbocycles. The number of hydrogen-bond donors (Lipinski definition) is 1. The molecule has 1 aliphatic rings. The van der Waals surface area contributed by atoms with Crippen LogP contribution >= 0.6 is 12.2 Å². The van der Waals surface area contributed by atoms with Crippen molar-refractivity contribution in [2.75, 3.05) is 12.0 Å². The van der Waals surface area contributed by atoms with Crippen LogP contribution in [0.25, 0.3) is 5.69 Å². The highest BCUT2D eigenvalue weighted by atomic mass is 32.1. The van der Waals surface area contributed by atoms with Crippen molar-refractivity contribution < 1.29 is 9.53 Å². The Morgan fingerprint density at radius 1 is 0.971 bits per heavy atom. The molecule has 0 amide bonds. The van der Waals surface area contributed by atoms with E-state index >= 15 is 0 Å². The molecule has 35 heavy (non-hydrogen) atoms. The zero-order chi connectivity index (χ0) is 24.5. The van der Waals surface area contributed by atoms with E-state index in [4.69, 9.17) is 17.0 Å². The summed E-state index contributed by atoms with van der Waals surface area (Å²) in [4.78, 5) is 19.0. The normalized spacial score (nSPS) is 17.3. The second kappa shape index (κ2) is 9.35. The van der Waals surface area contributed by atoms with E-state index in [2.05, 4.69) is 57.9 Å². The van der Waals surface area contributed by atoms with Crippen molar-refractivity contribution in [1.29, 1.82) is 0 Å². The van der Waals surface area contributed by atoms with Crippen LogP contribution < -0.4 is 10.2 Å². The minimum absolute atomic E-state index is 0.164. The summed E-state index contributed by atoms with van der Waals surface area (Å²) in [5.74, 6) is -0.368. The molecule has 0 spiro atoms. The highest BCUT2D eigenvalue weighted by Gasteiger charge is 2.42. The zero-order valence-electron chi connectivity index (χ0n) is 19.8. The van der Waals surface area contributed by atoms with E-state index in [0.29, 0.717) is 10.7 Å². The van der Waals surface area contributed by atoms with Crippen LogP contribution in [0.2, 0.25) is 0 Å². The number of nitrogens with zero attached hydrogens (tertiary/aromatic N) is 3. The van der Waals surface area contributed by atoms with Gasteiger partial charge in [0.2, 0.25) is 0 Å². The van der Waals surface area contributed by atoms with E-state index < -0.39 is 0 Å². The third-order valence-corrected chi connectivity index (χ3v) is 6.81. The highest BCUT2D eigenvalue weighted by molar-refractivity contribution is 7.80. The molecule has 1 saturated heterocycles. The first-order chi connectivity index (χ1) is 17.0. The number of carbonyl (C=O) groups is 1. The second-order valence-corrected chi connectivity index (χ2v) is 9.00. The Labute approximate surface area is 210 Å². The quantitative estimate of drug-likeness (QED) is 0.301. The molecule has 5 rings (SSSR count). The Hall–Kier alpha value is -3.97. The predicted octanol–water partition coefficient (Wildman–Crippen LogP) is 5.45. The predicted molar refractivity (Wildman–Crippen MR) is 141 cm³/mol. The molecular formula is C28H26N4O2S. The summed E-state index contributed by atoms with van der Waals surface area (Å²) in [5.41, 5.74) is 6.74. The number of benzene rings is 2. The SMILES string of the molecule is COC(=O)c1cccc(-n2cccc2[C@@H]2[C@H](c3ccccn3)NC(=S)N2c2ccc(C)c(C)c2)c1. The summed E-state index contributed by atoms with van der Waals surface area (Å²) >= 11 is 5.87. The number of methoxy groups -OCH3 is 1. The first-order valence-electron chi connectivity index (χ1n) is 11.4. The summed E-state index contributed by atoms with van der Waals surface area (Å²) in [6.45, 7) is 4.21. The van der Waals surface area contributed by atoms with Gasteiger partial charge in [0.05, 0.1) is 24.4 Å². The van der Waals surface area contributed by atoms with E-state index in [-0.39, 0.29) is 18.1 Å². The maximum atomic E-state index is 12.2. The maximum absolute atomic E-state index is 12.2. The van der Waals surface area contributed by atoms with Crippen LogP contribution in [0.3, 0.4) is 0 Å². The number of anilines is 1. The molecule has 1 N–H and O–H groups in total. The maximum Gasteiger partial charge on any atom is 0.337 e. The van der Waals surface area contributed by atoms with Gasteiger partial charge in [-0.1, -0.05) is 18.2 Å². The first-order valence-corrected chi connectivity index (χ1v) is 11.8. The summed E-state index contributed by atoms with van der Waals surface area (Å²) in [6.07, 6.45) is 3.80. The van der Waals surface area contributed by atoms with Crippen LogP contribution in [0.15, 0.2) is 85.2 Å². The van der Waals surface area contributed by atoms with Crippen molar-refractivity contribution in [1.82, 2.24) is 14.9 Å². The lowest BCUT2D eigenvalue weighted by molar-refractivity contribution is 0.0600. The van der Waals surface area contributed by atoms with Gasteiger partial charge in [-0.25, -0.2) is 4.79 Å². The average molecular weight is 483 g/mol. The lowest BCUT2D eigenvalue weighted by Crippen LogP contribution is -2.30. The highest BCUT2D eigenvalue weighted by Crippen LogP contribution is 2.42. The van der Waals surface area contributed by atoms with Gasteiger partial charge < -0.3 is 19.5 Å². The summed E-state index contributed by atoms with van der Waals surface area (Å²) < 4.78 is 7.03. The van der Waals surface area contributed by atoms with Crippen molar-refractivity contribution in [3.05, 3.63) is 113 Å². The molecule has 3 heterocycles. The van der Waals surface area contributed by atoms with Crippen molar-refractivity contribution in [2.45, 2.75) is 25.9 Å². The van der Waals surface area contributed by atoms with Crippen molar-refractivity contribution in [3.63, 3.8) is 0 Å². The van der Waals surface area contributed by atoms with Gasteiger partial charge in [-0.3, -0.25) is 4.98 Å². The van der Waals surface area contributed by atoms with Crippen molar-refractivity contribution in [2.24, 2.45) is 0 Å². The molecule has 7 heteroatoms. The lowest BCUT2D eigenvalue weighted by atomic mass is 10.00. The number of nitrogens with one attached hydrogen (secondary N) is 1. The standard InChI is InChI=1S/C28H26N4O2S/c1-18-12-13-22(16-19(18)2)32-26(25(30-28(32)35)23-10-4-5-14-29-23)24-11-7-15-31(24)21-9-6-8-20(17-21)27(33)34-3/h4-17,25-26H,1-3H3,(H,30,35)/t25-,26+/m0/s1. The Kier molecular flexibility index (Phi) is 6.09. The summed E-state index contributed by atoms with van der Waals surface area (Å²) in [6, 6.07) is 23.5. The Balaban J connectivity index is 1.66. The fraction of sp³-hybridized carbons (Fsp3) is 0.179. The van der Waals surface area contributed by atoms with Crippen LogP contribution in [0.5, 0.6) is 0 Å². The van der Waals surface area contributed by atoms with Gasteiger partial charge in [-0.15, -0.1) is 0 Å². The van der Waals surface area contributed by atoms with E-state index in [1.165, 1.54) is 18.2 Å². The molecule has 0 unspecified atom stereocenters. The minimum Gasteiger partial charge on any atom is -0.465 e. The first kappa shape index (κ1) is 22.8. The Morgan fingerprint density at radius 3 is 2.57 bits per heavy atom. The van der Waals surface area contributed by atoms with Gasteiger partial charge in [0.15, 0.2) is 5.11 Å². The number of pyridine rings is 1. The number of thiocarbonyl (C=S) groups is 1. The molecular weight excluding hydrogens is 456 g/mol. The van der Waals surface area contributed by atoms with Crippen LogP contribution in [0, 0.1) is 13.8 Å². The topological polar surface area (TPSA) is 59.4 Å². The smallest absolute Gasteiger partial charge is 0.337 e. The molecule has 1 aliphatic heterocycles. The van der Waals surface area contributed by atoms with Gasteiger partial charge in [-0.2, -0.15) is 0 Å². The average Bonchev–Trinajstić information content (AvgIpc) is 3.50. The van der Waals surface area contributed by atoms with Crippen LogP contribution in [-0.4, -0.2) is 27.7 Å². The third kappa shape index (κ3) is 4.19. The summed E-state index contributed by atoms with van der Waals surface area (Å²) in [5, 5.41) is 4.16. The number of carbonyl (C=O) groups excluding carboxylic acids is 1. The largest absolute Gasteiger partial charge is 0.465 e. The molecule has 0 saturated carbocycles. The molecule has 0 radical (unpaired) electrons. The van der Waals surface area contributed by atoms with Crippen LogP contribution in [0.1, 0.15) is 45.0 Å². The Morgan fingerprint density at radius 2 is 1.83 bits per heavy atom. The van der Waals surface area contributed by atoms with Gasteiger partial charge in [-0.05, 0) is 91.8 Å². The number of esters is 1. The molecule has 1 fully saturated rings. The summed E-state index contributed by atoms with van der Waals surface area (Å²) in [7, 11) is 1.39. The third-order valence-electron chi connectivity index (χ3n) is 6.50. The van der Waals surface area contributed by atoms with Crippen LogP contribution in [-0.2, 0) is 4.74 Å². The van der Waals surface area contributed by atoms with E-state index in [9.17, 15) is 4.79 Å². The van der Waals surface area contributed by atoms with Crippen molar-refractivity contribution >= 4 is 29.0 Å². The van der Waals surface area contributed by atoms with Gasteiger partial charge >= 0.3 is 5.97 Å². The monoisotopic (exact) mass is 482 g/mol. The number of ether oxygens (including phenoxy) is 1. The number of aromatic nitrogens is 2. The Bertz CT molecular complexity index is 1400. The van der Waals surface area contributed by atoms with Gasteiger partial charge in [0.1, 0.15) is 6.04 Å². The molecule has 176 valence electrons. The molecule has 2 aromatic heterocycles. The number of rotatable bonds is 5. The van der Waals surface area contributed by atoms with E-state index in [0.717, 1.165) is 22.8 Å². The molecule has 4 aromatic rings. The fourth-order valence-corrected chi connectivity index (χ4v) is 4.93. The zero-order valence-corrected chi connectivity index (χ0v) is 20.6. The second-order valence-electron chi connectivity index (χ2n) is 8.61. The molecule has 6 nitrogen and oxygen atoms in total. The molecule has 2 atom stereocenters. The van der Waals surface area contributed by atoms with E-state index in [1.807, 2.05) is 48.7 Å². The minimum atomic E-state index is -0.368. The van der Waals surface area contributed by atoms with Gasteiger partial charge in [0.25, 0.3) is 0 Å². The van der Waals surface area contributed by atoms with E-state index in [1.54, 1.807) is 12.3 Å². The number of hydrogen-bond acceptors (Lipinski definition) is 4.